The molecule has 3 N–H and O–H groups in total. The van der Waals surface area contributed by atoms with E-state index in [2.05, 4.69) is 10.4 Å². The Bertz CT molecular complexity index is 550. The van der Waals surface area contributed by atoms with E-state index >= 15 is 0 Å². The summed E-state index contributed by atoms with van der Waals surface area (Å²) in [6.45, 7) is 2.02. The van der Waals surface area contributed by atoms with Crippen molar-refractivity contribution in [3.8, 4) is 0 Å². The molecule has 1 aromatic carbocycles. The fourth-order valence-electron chi connectivity index (χ4n) is 2.15. The largest absolute Gasteiger partial charge is 0.338 e. The highest BCUT2D eigenvalue weighted by molar-refractivity contribution is 6.31. The summed E-state index contributed by atoms with van der Waals surface area (Å²) in [4.78, 5) is 4.31. The Morgan fingerprint density at radius 2 is 2.26 bits per heavy atom. The number of aromatic nitrogens is 2. The van der Waals surface area contributed by atoms with E-state index in [1.54, 1.807) is 6.20 Å². The van der Waals surface area contributed by atoms with Gasteiger partial charge in [0.2, 0.25) is 0 Å². The maximum absolute atomic E-state index is 6.28. The number of hydrogen-bond acceptors (Lipinski definition) is 3. The van der Waals surface area contributed by atoms with Gasteiger partial charge in [0.1, 0.15) is 5.82 Å². The monoisotopic (exact) mass is 278 g/mol. The number of hydrogen-bond donors (Lipinski definition) is 2. The van der Waals surface area contributed by atoms with Crippen LogP contribution in [0, 0.1) is 6.92 Å². The third-order valence-corrected chi connectivity index (χ3v) is 3.64. The molecule has 0 aliphatic rings. The van der Waals surface area contributed by atoms with Crippen LogP contribution in [0.3, 0.4) is 0 Å². The van der Waals surface area contributed by atoms with Crippen molar-refractivity contribution in [2.75, 3.05) is 0 Å². The molecule has 1 atom stereocenters. The van der Waals surface area contributed by atoms with Crippen LogP contribution in [0.4, 0.5) is 0 Å². The van der Waals surface area contributed by atoms with Crippen molar-refractivity contribution >= 4 is 11.6 Å². The molecular formula is C14H19ClN4. The quantitative estimate of drug-likeness (QED) is 0.653. The average molecular weight is 279 g/mol. The van der Waals surface area contributed by atoms with Crippen molar-refractivity contribution < 1.29 is 0 Å². The number of nitrogens with zero attached hydrogens (tertiary/aromatic N) is 2. The Morgan fingerprint density at radius 3 is 2.84 bits per heavy atom. The summed E-state index contributed by atoms with van der Waals surface area (Å²) < 4.78 is 2.02. The maximum atomic E-state index is 6.28. The predicted octanol–water partition coefficient (Wildman–Crippen LogP) is 2.52. The number of benzene rings is 1. The molecule has 1 aromatic heterocycles. The zero-order valence-electron chi connectivity index (χ0n) is 11.2. The number of imidazole rings is 1. The molecule has 0 radical (unpaired) electrons. The zero-order valence-corrected chi connectivity index (χ0v) is 12.0. The summed E-state index contributed by atoms with van der Waals surface area (Å²) in [5.74, 6) is 6.70. The molecule has 102 valence electrons. The number of nitrogens with two attached hydrogens (primary N) is 1. The standard InChI is InChI=1S/C14H19ClN4/c1-10-3-4-11(12(15)9-10)13(18-16)5-6-14-17-7-8-19(14)2/h3-4,7-9,13,18H,5-6,16H2,1-2H3. The van der Waals surface area contributed by atoms with Crippen molar-refractivity contribution in [2.45, 2.75) is 25.8 Å². The number of nitrogens with one attached hydrogen (secondary N) is 1. The molecule has 0 saturated carbocycles. The van der Waals surface area contributed by atoms with Gasteiger partial charge in [-0.2, -0.15) is 0 Å². The first-order chi connectivity index (χ1) is 9.11. The van der Waals surface area contributed by atoms with E-state index in [9.17, 15) is 0 Å². The average Bonchev–Trinajstić information content (AvgIpc) is 2.78. The minimum absolute atomic E-state index is 0.0322. The molecular weight excluding hydrogens is 260 g/mol. The zero-order chi connectivity index (χ0) is 13.8. The van der Waals surface area contributed by atoms with Gasteiger partial charge in [-0.25, -0.2) is 4.98 Å². The van der Waals surface area contributed by atoms with Gasteiger partial charge in [-0.3, -0.25) is 11.3 Å². The molecule has 4 nitrogen and oxygen atoms in total. The van der Waals surface area contributed by atoms with Crippen LogP contribution in [0.25, 0.3) is 0 Å². The molecule has 19 heavy (non-hydrogen) atoms. The molecule has 0 spiro atoms. The van der Waals surface area contributed by atoms with Gasteiger partial charge < -0.3 is 4.57 Å². The Kier molecular flexibility index (Phi) is 4.58. The first-order valence-corrected chi connectivity index (χ1v) is 6.68. The lowest BCUT2D eigenvalue weighted by Gasteiger charge is -2.18. The molecule has 0 aliphatic carbocycles. The van der Waals surface area contributed by atoms with Crippen LogP contribution in [0.2, 0.25) is 5.02 Å². The third kappa shape index (κ3) is 3.35. The first kappa shape index (κ1) is 14.1. The molecule has 0 bridgehead atoms. The van der Waals surface area contributed by atoms with E-state index in [1.165, 1.54) is 0 Å². The molecule has 1 heterocycles. The highest BCUT2D eigenvalue weighted by atomic mass is 35.5. The van der Waals surface area contributed by atoms with Gasteiger partial charge in [0.15, 0.2) is 0 Å². The van der Waals surface area contributed by atoms with Crippen LogP contribution < -0.4 is 11.3 Å². The summed E-state index contributed by atoms with van der Waals surface area (Å²) >= 11 is 6.28. The van der Waals surface area contributed by atoms with Crippen LogP contribution >= 0.6 is 11.6 Å². The van der Waals surface area contributed by atoms with Gasteiger partial charge in [0.25, 0.3) is 0 Å². The first-order valence-electron chi connectivity index (χ1n) is 6.30. The van der Waals surface area contributed by atoms with Crippen molar-refractivity contribution in [2.24, 2.45) is 12.9 Å². The molecule has 2 rings (SSSR count). The molecule has 0 amide bonds. The third-order valence-electron chi connectivity index (χ3n) is 3.31. The minimum Gasteiger partial charge on any atom is -0.338 e. The van der Waals surface area contributed by atoms with Crippen molar-refractivity contribution in [1.82, 2.24) is 15.0 Å². The summed E-state index contributed by atoms with van der Waals surface area (Å²) in [5.41, 5.74) is 5.02. The Hall–Kier alpha value is -1.36. The number of hydrazine groups is 1. The van der Waals surface area contributed by atoms with E-state index in [4.69, 9.17) is 17.4 Å². The smallest absolute Gasteiger partial charge is 0.108 e. The van der Waals surface area contributed by atoms with E-state index in [0.717, 1.165) is 34.8 Å². The topological polar surface area (TPSA) is 55.9 Å². The molecule has 0 fully saturated rings. The predicted molar refractivity (Wildman–Crippen MR) is 77.8 cm³/mol. The molecule has 0 aliphatic heterocycles. The molecule has 5 heteroatoms. The van der Waals surface area contributed by atoms with Gasteiger partial charge in [-0.15, -0.1) is 0 Å². The van der Waals surface area contributed by atoms with Crippen molar-refractivity contribution in [3.05, 3.63) is 52.6 Å². The molecule has 2 aromatic rings. The Balaban J connectivity index is 2.10. The summed E-state index contributed by atoms with van der Waals surface area (Å²) in [7, 11) is 1.99. The SMILES string of the molecule is Cc1ccc(C(CCc2nccn2C)NN)c(Cl)c1. The van der Waals surface area contributed by atoms with Gasteiger partial charge >= 0.3 is 0 Å². The van der Waals surface area contributed by atoms with Crippen LogP contribution in [-0.2, 0) is 13.5 Å². The summed E-state index contributed by atoms with van der Waals surface area (Å²) in [5, 5.41) is 0.753. The summed E-state index contributed by atoms with van der Waals surface area (Å²) in [6, 6.07) is 6.07. The molecule has 0 saturated heterocycles. The van der Waals surface area contributed by atoms with Crippen LogP contribution in [0.15, 0.2) is 30.6 Å². The van der Waals surface area contributed by atoms with Gasteiger partial charge in [0, 0.05) is 36.9 Å². The highest BCUT2D eigenvalue weighted by Crippen LogP contribution is 2.26. The van der Waals surface area contributed by atoms with E-state index in [0.29, 0.717) is 0 Å². The second kappa shape index (κ2) is 6.19. The Morgan fingerprint density at radius 1 is 1.47 bits per heavy atom. The second-order valence-electron chi connectivity index (χ2n) is 4.74. The van der Waals surface area contributed by atoms with Crippen molar-refractivity contribution in [1.29, 1.82) is 0 Å². The number of rotatable bonds is 5. The Labute approximate surface area is 118 Å². The maximum Gasteiger partial charge on any atom is 0.108 e. The lowest BCUT2D eigenvalue weighted by molar-refractivity contribution is 0.506. The van der Waals surface area contributed by atoms with E-state index in [1.807, 2.05) is 42.9 Å². The molecule has 1 unspecified atom stereocenters. The normalized spacial score (nSPS) is 12.6. The van der Waals surface area contributed by atoms with E-state index < -0.39 is 0 Å². The lowest BCUT2D eigenvalue weighted by Crippen LogP contribution is -2.28. The van der Waals surface area contributed by atoms with Crippen LogP contribution in [0.1, 0.15) is 29.4 Å². The fraction of sp³-hybridized carbons (Fsp3) is 0.357. The highest BCUT2D eigenvalue weighted by Gasteiger charge is 2.14. The van der Waals surface area contributed by atoms with Gasteiger partial charge in [0.05, 0.1) is 0 Å². The summed E-state index contributed by atoms with van der Waals surface area (Å²) in [6.07, 6.45) is 5.45. The fourth-order valence-corrected chi connectivity index (χ4v) is 2.52. The number of halogens is 1. The van der Waals surface area contributed by atoms with Crippen LogP contribution in [-0.4, -0.2) is 9.55 Å². The second-order valence-corrected chi connectivity index (χ2v) is 5.14. The minimum atomic E-state index is 0.0322. The van der Waals surface area contributed by atoms with Gasteiger partial charge in [-0.05, 0) is 30.5 Å². The van der Waals surface area contributed by atoms with Gasteiger partial charge in [-0.1, -0.05) is 23.7 Å². The van der Waals surface area contributed by atoms with Crippen molar-refractivity contribution in [3.63, 3.8) is 0 Å². The number of aryl methyl sites for hydroxylation is 3. The van der Waals surface area contributed by atoms with E-state index in [-0.39, 0.29) is 6.04 Å². The van der Waals surface area contributed by atoms with Crippen LogP contribution in [0.5, 0.6) is 0 Å². The lowest BCUT2D eigenvalue weighted by atomic mass is 10.0.